The minimum absolute atomic E-state index is 0. The first-order chi connectivity index (χ1) is 6.99. The molecule has 0 rings (SSSR count). The van der Waals surface area contributed by atoms with Gasteiger partial charge in [0.25, 0.3) is 0 Å². The molecule has 0 amide bonds. The molecule has 0 aliphatic rings. The molecular weight excluding hydrogens is 254 g/mol. The van der Waals surface area contributed by atoms with E-state index in [1.165, 1.54) is 6.42 Å². The van der Waals surface area contributed by atoms with Crippen molar-refractivity contribution in [1.82, 2.24) is 0 Å². The first-order valence-electron chi connectivity index (χ1n) is 5.69. The Kier molecular flexibility index (Phi) is 14.8. The van der Waals surface area contributed by atoms with Crippen molar-refractivity contribution in [3.05, 3.63) is 0 Å². The van der Waals surface area contributed by atoms with Crippen molar-refractivity contribution in [1.29, 1.82) is 0 Å². The van der Waals surface area contributed by atoms with Crippen LogP contribution in [0.3, 0.4) is 0 Å². The van der Waals surface area contributed by atoms with Crippen molar-refractivity contribution in [3.8, 4) is 0 Å². The van der Waals surface area contributed by atoms with Gasteiger partial charge in [0.15, 0.2) is 0 Å². The Morgan fingerprint density at radius 1 is 1.12 bits per heavy atom. The van der Waals surface area contributed by atoms with Crippen LogP contribution in [0.2, 0.25) is 0 Å². The normalized spacial score (nSPS) is 13.2. The average molecular weight is 278 g/mol. The molecular formula is C10H24KO4P. The van der Waals surface area contributed by atoms with Gasteiger partial charge in [-0.15, -0.1) is 0 Å². The van der Waals surface area contributed by atoms with Crippen molar-refractivity contribution in [2.45, 2.75) is 52.4 Å². The van der Waals surface area contributed by atoms with E-state index in [4.69, 9.17) is 9.79 Å². The third kappa shape index (κ3) is 13.8. The van der Waals surface area contributed by atoms with Gasteiger partial charge in [0.1, 0.15) is 0 Å². The summed E-state index contributed by atoms with van der Waals surface area (Å²) >= 11 is 0. The molecule has 94 valence electrons. The maximum atomic E-state index is 10.5. The third-order valence-electron chi connectivity index (χ3n) is 2.39. The molecule has 0 saturated carbocycles. The van der Waals surface area contributed by atoms with E-state index in [2.05, 4.69) is 18.4 Å². The van der Waals surface area contributed by atoms with E-state index < -0.39 is 7.82 Å². The second-order valence-electron chi connectivity index (χ2n) is 3.94. The Morgan fingerprint density at radius 2 is 1.75 bits per heavy atom. The molecule has 0 radical (unpaired) electrons. The van der Waals surface area contributed by atoms with E-state index in [9.17, 15) is 4.57 Å². The standard InChI is InChI=1S/C10H23O4P.K.H/c1-3-5-6-8-10(7-4-2)9-14-15(11,12)13;;/h10H,3-9H2,1-2H3,(H2,11,12,13);;. The summed E-state index contributed by atoms with van der Waals surface area (Å²) in [6.07, 6.45) is 6.46. The van der Waals surface area contributed by atoms with Crippen LogP contribution in [0.25, 0.3) is 0 Å². The van der Waals surface area contributed by atoms with Gasteiger partial charge < -0.3 is 9.79 Å². The molecule has 0 fully saturated rings. The van der Waals surface area contributed by atoms with Crippen LogP contribution in [0.4, 0.5) is 0 Å². The van der Waals surface area contributed by atoms with Crippen LogP contribution >= 0.6 is 7.82 Å². The molecule has 0 spiro atoms. The molecule has 0 bridgehead atoms. The summed E-state index contributed by atoms with van der Waals surface area (Å²) in [6, 6.07) is 0. The molecule has 0 aromatic heterocycles. The van der Waals surface area contributed by atoms with Crippen LogP contribution in [0.15, 0.2) is 0 Å². The molecule has 0 saturated heterocycles. The molecule has 1 unspecified atom stereocenters. The topological polar surface area (TPSA) is 66.8 Å². The zero-order valence-electron chi connectivity index (χ0n) is 9.69. The fourth-order valence-electron chi connectivity index (χ4n) is 1.60. The quantitative estimate of drug-likeness (QED) is 0.386. The van der Waals surface area contributed by atoms with Crippen molar-refractivity contribution in [3.63, 3.8) is 0 Å². The van der Waals surface area contributed by atoms with Crippen molar-refractivity contribution in [2.75, 3.05) is 6.61 Å². The van der Waals surface area contributed by atoms with Gasteiger partial charge in [0.05, 0.1) is 6.61 Å². The van der Waals surface area contributed by atoms with Crippen molar-refractivity contribution < 1.29 is 18.9 Å². The predicted molar refractivity (Wildman–Crippen MR) is 67.7 cm³/mol. The zero-order valence-corrected chi connectivity index (χ0v) is 10.6. The van der Waals surface area contributed by atoms with Gasteiger partial charge in [-0.25, -0.2) is 4.57 Å². The zero-order chi connectivity index (χ0) is 11.7. The van der Waals surface area contributed by atoms with E-state index >= 15 is 0 Å². The van der Waals surface area contributed by atoms with Gasteiger partial charge >= 0.3 is 59.2 Å². The van der Waals surface area contributed by atoms with Crippen LogP contribution in [-0.2, 0) is 9.09 Å². The molecule has 0 aliphatic carbocycles. The van der Waals surface area contributed by atoms with E-state index in [1.807, 2.05) is 0 Å². The maximum absolute atomic E-state index is 10.5. The molecule has 1 atom stereocenters. The third-order valence-corrected chi connectivity index (χ3v) is 2.88. The van der Waals surface area contributed by atoms with Gasteiger partial charge in [0, 0.05) is 0 Å². The van der Waals surface area contributed by atoms with Gasteiger partial charge in [-0.1, -0.05) is 39.5 Å². The molecule has 16 heavy (non-hydrogen) atoms. The predicted octanol–water partition coefficient (Wildman–Crippen LogP) is 2.44. The molecule has 2 N–H and O–H groups in total. The Labute approximate surface area is 141 Å². The number of hydrogen-bond acceptors (Lipinski definition) is 2. The molecule has 6 heteroatoms. The molecule has 4 nitrogen and oxygen atoms in total. The summed E-state index contributed by atoms with van der Waals surface area (Å²) in [4.78, 5) is 17.2. The van der Waals surface area contributed by atoms with Crippen molar-refractivity contribution >= 4 is 59.2 Å². The van der Waals surface area contributed by atoms with Gasteiger partial charge in [-0.3, -0.25) is 4.52 Å². The summed E-state index contributed by atoms with van der Waals surface area (Å²) in [5.74, 6) is 0.286. The first kappa shape index (κ1) is 20.1. The Hall–Kier alpha value is 1.75. The van der Waals surface area contributed by atoms with E-state index in [0.717, 1.165) is 32.1 Å². The Bertz CT molecular complexity index is 195. The summed E-state index contributed by atoms with van der Waals surface area (Å²) in [6.45, 7) is 4.40. The molecule has 0 heterocycles. The number of rotatable bonds is 9. The fraction of sp³-hybridized carbons (Fsp3) is 1.00. The fourth-order valence-corrected chi connectivity index (χ4v) is 2.01. The second-order valence-corrected chi connectivity index (χ2v) is 5.18. The molecule has 0 aromatic rings. The van der Waals surface area contributed by atoms with Crippen LogP contribution in [0.1, 0.15) is 52.4 Å². The Morgan fingerprint density at radius 3 is 2.19 bits per heavy atom. The second kappa shape index (κ2) is 11.8. The number of hydrogen-bond donors (Lipinski definition) is 2. The van der Waals surface area contributed by atoms with Crippen LogP contribution in [0.5, 0.6) is 0 Å². The number of phosphoric acid groups is 1. The van der Waals surface area contributed by atoms with Crippen LogP contribution < -0.4 is 0 Å². The first-order valence-corrected chi connectivity index (χ1v) is 7.22. The molecule has 0 aromatic carbocycles. The SMILES string of the molecule is CCCCCC(CCC)COP(=O)(O)O.[KH]. The summed E-state index contributed by atoms with van der Waals surface area (Å²) in [7, 11) is -4.28. The van der Waals surface area contributed by atoms with Gasteiger partial charge in [-0.2, -0.15) is 0 Å². The van der Waals surface area contributed by atoms with Gasteiger partial charge in [0.2, 0.25) is 0 Å². The number of unbranched alkanes of at least 4 members (excludes halogenated alkanes) is 2. The van der Waals surface area contributed by atoms with E-state index in [0.29, 0.717) is 0 Å². The monoisotopic (exact) mass is 278 g/mol. The summed E-state index contributed by atoms with van der Waals surface area (Å²) in [5, 5.41) is 0. The summed E-state index contributed by atoms with van der Waals surface area (Å²) < 4.78 is 15.1. The minimum atomic E-state index is -4.28. The average Bonchev–Trinajstić information content (AvgIpc) is 2.13. The van der Waals surface area contributed by atoms with E-state index in [1.54, 1.807) is 0 Å². The van der Waals surface area contributed by atoms with Gasteiger partial charge in [-0.05, 0) is 18.8 Å². The van der Waals surface area contributed by atoms with Crippen LogP contribution in [-0.4, -0.2) is 67.8 Å². The van der Waals surface area contributed by atoms with Crippen molar-refractivity contribution in [2.24, 2.45) is 5.92 Å². The van der Waals surface area contributed by atoms with E-state index in [-0.39, 0.29) is 63.9 Å². The van der Waals surface area contributed by atoms with Crippen LogP contribution in [0, 0.1) is 5.92 Å². The Balaban J connectivity index is 0. The molecule has 0 aliphatic heterocycles. The number of phosphoric ester groups is 1. The summed E-state index contributed by atoms with van der Waals surface area (Å²) in [5.41, 5.74) is 0.